The number of anilines is 1. The number of amides is 2. The number of phenols is 1. The molecule has 0 unspecified atom stereocenters. The molecule has 1 fully saturated rings. The molecule has 1 atom stereocenters. The summed E-state index contributed by atoms with van der Waals surface area (Å²) in [5.74, 6) is -1.25. The van der Waals surface area contributed by atoms with Gasteiger partial charge in [-0.15, -0.1) is 10.2 Å². The molecule has 0 radical (unpaired) electrons. The van der Waals surface area contributed by atoms with Gasteiger partial charge in [-0.05, 0) is 60.9 Å². The molecule has 11 heteroatoms. The van der Waals surface area contributed by atoms with Gasteiger partial charge in [0.25, 0.3) is 5.91 Å². The van der Waals surface area contributed by atoms with Crippen molar-refractivity contribution in [2.24, 2.45) is 0 Å². The maximum Gasteiger partial charge on any atom is 0.251 e. The van der Waals surface area contributed by atoms with Crippen molar-refractivity contribution in [3.63, 3.8) is 0 Å². The van der Waals surface area contributed by atoms with Crippen LogP contribution in [0.15, 0.2) is 66.7 Å². The van der Waals surface area contributed by atoms with E-state index in [1.807, 2.05) is 31.2 Å². The Morgan fingerprint density at radius 2 is 1.80 bits per heavy atom. The van der Waals surface area contributed by atoms with Gasteiger partial charge in [-0.2, -0.15) is 4.80 Å². The molecule has 0 spiro atoms. The lowest BCUT2D eigenvalue weighted by atomic mass is 10.0. The highest BCUT2D eigenvalue weighted by molar-refractivity contribution is 6.31. The summed E-state index contributed by atoms with van der Waals surface area (Å²) in [6.07, 6.45) is 3.70. The molecular weight excluding hydrogens is 535 g/mol. The number of tetrazole rings is 1. The van der Waals surface area contributed by atoms with E-state index in [0.717, 1.165) is 47.7 Å². The first-order chi connectivity index (χ1) is 19.3. The Kier molecular flexibility index (Phi) is 8.06. The highest BCUT2D eigenvalue weighted by atomic mass is 35.5. The predicted molar refractivity (Wildman–Crippen MR) is 148 cm³/mol. The van der Waals surface area contributed by atoms with Crippen LogP contribution < -0.4 is 10.2 Å². The molecule has 1 saturated carbocycles. The van der Waals surface area contributed by atoms with Crippen molar-refractivity contribution in [2.45, 2.75) is 51.2 Å². The highest BCUT2D eigenvalue weighted by Crippen LogP contribution is 2.32. The number of benzene rings is 3. The second-order valence-corrected chi connectivity index (χ2v) is 10.3. The van der Waals surface area contributed by atoms with E-state index in [1.54, 1.807) is 12.1 Å². The number of halogens is 2. The van der Waals surface area contributed by atoms with E-state index < -0.39 is 23.7 Å². The van der Waals surface area contributed by atoms with Crippen molar-refractivity contribution in [1.82, 2.24) is 25.5 Å². The highest BCUT2D eigenvalue weighted by Gasteiger charge is 2.35. The molecule has 0 bridgehead atoms. The van der Waals surface area contributed by atoms with Gasteiger partial charge in [-0.1, -0.05) is 66.4 Å². The van der Waals surface area contributed by atoms with Crippen molar-refractivity contribution >= 4 is 29.1 Å². The summed E-state index contributed by atoms with van der Waals surface area (Å²) >= 11 is 6.11. The molecule has 206 valence electrons. The van der Waals surface area contributed by atoms with Crippen molar-refractivity contribution in [3.05, 3.63) is 88.7 Å². The van der Waals surface area contributed by atoms with E-state index >= 15 is 0 Å². The molecule has 5 rings (SSSR count). The summed E-state index contributed by atoms with van der Waals surface area (Å²) in [6.45, 7) is 1.62. The summed E-state index contributed by atoms with van der Waals surface area (Å²) in [4.78, 5) is 30.2. The molecule has 1 aromatic heterocycles. The average Bonchev–Trinajstić information content (AvgIpc) is 3.62. The van der Waals surface area contributed by atoms with Gasteiger partial charge in [0.1, 0.15) is 24.2 Å². The van der Waals surface area contributed by atoms with E-state index in [-0.39, 0.29) is 29.0 Å². The van der Waals surface area contributed by atoms with Gasteiger partial charge in [0.2, 0.25) is 11.7 Å². The SMILES string of the molecule is Cc1ccc(-c2nnn(CC(=O)N(c3ccc(F)c(Cl)c3)[C@@H](C(=O)NC3CCCC3)c3ccc(O)cc3)n2)cc1. The van der Waals surface area contributed by atoms with Crippen LogP contribution in [0.1, 0.15) is 42.9 Å². The van der Waals surface area contributed by atoms with Crippen LogP contribution in [-0.2, 0) is 16.1 Å². The molecule has 2 N–H and O–H groups in total. The molecule has 9 nitrogen and oxygen atoms in total. The van der Waals surface area contributed by atoms with E-state index in [9.17, 15) is 19.1 Å². The van der Waals surface area contributed by atoms with Crippen LogP contribution in [0.5, 0.6) is 5.75 Å². The number of phenolic OH excluding ortho intramolecular Hbond substituents is 1. The Balaban J connectivity index is 1.52. The third kappa shape index (κ3) is 6.12. The van der Waals surface area contributed by atoms with E-state index in [0.29, 0.717) is 11.4 Å². The number of hydrogen-bond acceptors (Lipinski definition) is 6. The topological polar surface area (TPSA) is 113 Å². The lowest BCUT2D eigenvalue weighted by Gasteiger charge is -2.32. The zero-order valence-electron chi connectivity index (χ0n) is 21.8. The molecule has 4 aromatic rings. The zero-order chi connectivity index (χ0) is 28.2. The van der Waals surface area contributed by atoms with Gasteiger partial charge in [0, 0.05) is 17.3 Å². The molecule has 2 amide bonds. The van der Waals surface area contributed by atoms with Gasteiger partial charge in [0.15, 0.2) is 0 Å². The van der Waals surface area contributed by atoms with Crippen LogP contribution in [0, 0.1) is 12.7 Å². The maximum absolute atomic E-state index is 14.1. The fraction of sp³-hybridized carbons (Fsp3) is 0.276. The molecule has 0 aliphatic heterocycles. The first-order valence-electron chi connectivity index (χ1n) is 13.0. The third-order valence-corrected chi connectivity index (χ3v) is 7.20. The van der Waals surface area contributed by atoms with Gasteiger partial charge in [-0.25, -0.2) is 4.39 Å². The number of hydrogen-bond donors (Lipinski definition) is 2. The number of nitrogens with zero attached hydrogens (tertiary/aromatic N) is 5. The Morgan fingerprint density at radius 3 is 2.48 bits per heavy atom. The first kappa shape index (κ1) is 27.3. The second-order valence-electron chi connectivity index (χ2n) is 9.86. The van der Waals surface area contributed by atoms with Crippen LogP contribution in [-0.4, -0.2) is 43.2 Å². The van der Waals surface area contributed by atoms with Gasteiger partial charge in [-0.3, -0.25) is 14.5 Å². The van der Waals surface area contributed by atoms with Crippen LogP contribution in [0.2, 0.25) is 5.02 Å². The minimum atomic E-state index is -1.14. The number of nitrogens with one attached hydrogen (secondary N) is 1. The largest absolute Gasteiger partial charge is 0.508 e. The summed E-state index contributed by atoms with van der Waals surface area (Å²) in [6, 6.07) is 16.3. The molecule has 40 heavy (non-hydrogen) atoms. The minimum absolute atomic E-state index is 0.0110. The summed E-state index contributed by atoms with van der Waals surface area (Å²) < 4.78 is 14.1. The monoisotopic (exact) mass is 562 g/mol. The lowest BCUT2D eigenvalue weighted by molar-refractivity contribution is -0.127. The number of carbonyl (C=O) groups excluding carboxylic acids is 2. The Labute approximate surface area is 235 Å². The van der Waals surface area contributed by atoms with Crippen molar-refractivity contribution in [1.29, 1.82) is 0 Å². The molecule has 1 aliphatic rings. The first-order valence-corrected chi connectivity index (χ1v) is 13.4. The number of carbonyl (C=O) groups is 2. The molecule has 0 saturated heterocycles. The number of aromatic nitrogens is 4. The Hall–Kier alpha value is -4.31. The number of aromatic hydroxyl groups is 1. The Morgan fingerprint density at radius 1 is 1.10 bits per heavy atom. The quantitative estimate of drug-likeness (QED) is 0.313. The normalized spacial score (nSPS) is 14.2. The third-order valence-electron chi connectivity index (χ3n) is 6.91. The van der Waals surface area contributed by atoms with Crippen LogP contribution in [0.4, 0.5) is 10.1 Å². The van der Waals surface area contributed by atoms with Crippen LogP contribution >= 0.6 is 11.6 Å². The fourth-order valence-electron chi connectivity index (χ4n) is 4.82. The maximum atomic E-state index is 14.1. The smallest absolute Gasteiger partial charge is 0.251 e. The molecule has 3 aromatic carbocycles. The van der Waals surface area contributed by atoms with Gasteiger partial charge in [0.05, 0.1) is 5.02 Å². The lowest BCUT2D eigenvalue weighted by Crippen LogP contribution is -2.47. The zero-order valence-corrected chi connectivity index (χ0v) is 22.6. The van der Waals surface area contributed by atoms with Crippen molar-refractivity contribution in [2.75, 3.05) is 4.90 Å². The van der Waals surface area contributed by atoms with Crippen LogP contribution in [0.3, 0.4) is 0 Å². The fourth-order valence-corrected chi connectivity index (χ4v) is 5.00. The number of aryl methyl sites for hydroxylation is 1. The van der Waals surface area contributed by atoms with E-state index in [1.165, 1.54) is 29.2 Å². The van der Waals surface area contributed by atoms with Crippen molar-refractivity contribution in [3.8, 4) is 17.1 Å². The minimum Gasteiger partial charge on any atom is -0.508 e. The standard InChI is InChI=1S/C29H28ClFN6O3/c1-18-6-8-20(9-7-18)28-33-35-36(34-28)17-26(39)37(22-12-15-25(31)24(30)16-22)27(19-10-13-23(38)14-11-19)29(40)32-21-4-2-3-5-21/h6-16,21,27,38H,2-5,17H2,1H3,(H,32,40)/t27-/m1/s1. The summed E-state index contributed by atoms with van der Waals surface area (Å²) in [5.41, 5.74) is 2.49. The average molecular weight is 563 g/mol. The Bertz CT molecular complexity index is 1500. The van der Waals surface area contributed by atoms with E-state index in [4.69, 9.17) is 11.6 Å². The van der Waals surface area contributed by atoms with Crippen LogP contribution in [0.25, 0.3) is 11.4 Å². The molecule has 1 heterocycles. The predicted octanol–water partition coefficient (Wildman–Crippen LogP) is 4.98. The molecule has 1 aliphatic carbocycles. The summed E-state index contributed by atoms with van der Waals surface area (Å²) in [7, 11) is 0. The summed E-state index contributed by atoms with van der Waals surface area (Å²) in [5, 5.41) is 25.2. The van der Waals surface area contributed by atoms with Gasteiger partial charge < -0.3 is 10.4 Å². The van der Waals surface area contributed by atoms with Gasteiger partial charge >= 0.3 is 0 Å². The number of rotatable bonds is 8. The van der Waals surface area contributed by atoms with Crippen molar-refractivity contribution < 1.29 is 19.1 Å². The molecular formula is C29H28ClFN6O3. The van der Waals surface area contributed by atoms with E-state index in [2.05, 4.69) is 20.7 Å². The second kappa shape index (κ2) is 11.8.